The first-order chi connectivity index (χ1) is 12.4. The number of aliphatic hydroxyl groups is 1. The van der Waals surface area contributed by atoms with Gasteiger partial charge < -0.3 is 15.0 Å². The third kappa shape index (κ3) is 29.1. The fraction of sp³-hybridized carbons (Fsp3) is 0.905. The van der Waals surface area contributed by atoms with E-state index >= 15 is 0 Å². The van der Waals surface area contributed by atoms with E-state index in [1.807, 2.05) is 0 Å². The van der Waals surface area contributed by atoms with Crippen molar-refractivity contribution in [3.05, 3.63) is 0 Å². The topological polar surface area (TPSA) is 77.4 Å². The predicted octanol–water partition coefficient (Wildman–Crippen LogP) is 4.06. The maximum atomic E-state index is 10.8. The molecule has 0 saturated heterocycles. The van der Waals surface area contributed by atoms with E-state index in [1.54, 1.807) is 0 Å². The zero-order chi connectivity index (χ0) is 20.0. The van der Waals surface area contributed by atoms with Crippen LogP contribution in [-0.4, -0.2) is 54.8 Å². The normalized spacial score (nSPS) is 11.6. The summed E-state index contributed by atoms with van der Waals surface area (Å²) >= 11 is 0.846. The molecule has 150 valence electrons. The number of unbranched alkanes of at least 4 members (excludes halogenated alkanes) is 14. The molecule has 26 heavy (non-hydrogen) atoms. The molecule has 0 aliphatic heterocycles. The number of aliphatic carboxylic acids is 1. The van der Waals surface area contributed by atoms with Gasteiger partial charge in [-0.2, -0.15) is 0 Å². The summed E-state index contributed by atoms with van der Waals surface area (Å²) in [5.74, 6) is -1.44. The van der Waals surface area contributed by atoms with Crippen molar-refractivity contribution >= 4 is 43.6 Å². The van der Waals surface area contributed by atoms with Crippen molar-refractivity contribution in [1.82, 2.24) is 0 Å². The van der Waals surface area contributed by atoms with Gasteiger partial charge in [-0.3, -0.25) is 0 Å². The number of hydrogen-bond donors (Lipinski definition) is 1. The molecule has 5 heteroatoms. The quantitative estimate of drug-likeness (QED) is 0.297. The number of aliphatic hydroxyl groups excluding tert-OH is 1. The van der Waals surface area contributed by atoms with Crippen LogP contribution in [0.25, 0.3) is 0 Å². The summed E-state index contributed by atoms with van der Waals surface area (Å²) in [6.45, 7) is 3.42. The molecular weight excluding hydrogens is 356 g/mol. The van der Waals surface area contributed by atoms with Gasteiger partial charge in [-0.1, -0.05) is 39.0 Å². The molecule has 0 saturated carbocycles. The van der Waals surface area contributed by atoms with Gasteiger partial charge in [0.15, 0.2) is 0 Å². The molecule has 0 fully saturated rings. The van der Waals surface area contributed by atoms with Crippen molar-refractivity contribution in [3.8, 4) is 0 Å². The zero-order valence-corrected chi connectivity index (χ0v) is 19.5. The van der Waals surface area contributed by atoms with Gasteiger partial charge in [-0.25, -0.2) is 0 Å². The van der Waals surface area contributed by atoms with Crippen molar-refractivity contribution < 1.29 is 19.8 Å². The first kappa shape index (κ1) is 28.6. The number of carbonyl (C=O) groups excluding carboxylic acids is 2. The third-order valence-corrected chi connectivity index (χ3v) is 4.95. The molecule has 0 spiro atoms. The fourth-order valence-electron chi connectivity index (χ4n) is 2.69. The second-order valence-corrected chi connectivity index (χ2v) is 8.46. The van der Waals surface area contributed by atoms with Crippen molar-refractivity contribution in [3.63, 3.8) is 0 Å². The monoisotopic (exact) mass is 396 g/mol. The number of hydrogen-bond acceptors (Lipinski definition) is 4. The molecule has 1 N–H and O–H groups in total. The molecule has 0 heterocycles. The average molecular weight is 397 g/mol. The molecule has 1 atom stereocenters. The van der Waals surface area contributed by atoms with Crippen LogP contribution in [0.15, 0.2) is 0 Å². The van der Waals surface area contributed by atoms with E-state index in [1.165, 1.54) is 89.9 Å². The zero-order valence-electron chi connectivity index (χ0n) is 17.3. The standard InChI is InChI=1S/C18H35O.C3H6O3.Ca/c1-2-3-4-5-6-7-8-9-10-11-12-13-14-15-16-17-18-19;1-2(4)3(5)6;/h2-17H2,1H3;2,4H,1H3,(H,5,6);/q;;+1/p-1. The summed E-state index contributed by atoms with van der Waals surface area (Å²) in [7, 11) is 0. The summed E-state index contributed by atoms with van der Waals surface area (Å²) < 4.78 is 0.472. The molecule has 0 aliphatic carbocycles. The number of rotatable bonds is 17. The molecule has 0 amide bonds. The molecule has 0 aromatic carbocycles. The molecule has 0 radical (unpaired) electrons. The van der Waals surface area contributed by atoms with Crippen molar-refractivity contribution in [1.29, 1.82) is 0 Å². The van der Waals surface area contributed by atoms with Crippen LogP contribution < -0.4 is 5.11 Å². The second kappa shape index (κ2) is 23.4. The Kier molecular flexibility index (Phi) is 25.7. The van der Waals surface area contributed by atoms with Crippen LogP contribution in [0.5, 0.6) is 0 Å². The molecule has 4 nitrogen and oxygen atoms in total. The third-order valence-electron chi connectivity index (χ3n) is 4.40. The van der Waals surface area contributed by atoms with E-state index in [9.17, 15) is 14.7 Å². The fourth-order valence-corrected chi connectivity index (χ4v) is 3.08. The Morgan fingerprint density at radius 1 is 0.769 bits per heavy atom. The Labute approximate surface area is 185 Å². The predicted molar refractivity (Wildman–Crippen MR) is 107 cm³/mol. The Morgan fingerprint density at radius 2 is 1.04 bits per heavy atom. The SMILES string of the molecule is CC(O)C(=O)[O-].CCCCCCCCCCCCCCCCC[C](=O)[Ca+]. The number of carboxylic acid groups (broad SMARTS) is 1. The molecule has 0 aromatic rings. The van der Waals surface area contributed by atoms with E-state index in [2.05, 4.69) is 6.92 Å². The minimum absolute atomic E-state index is 0.472. The van der Waals surface area contributed by atoms with Gasteiger partial charge in [0.1, 0.15) is 0 Å². The Bertz CT molecular complexity index is 319. The summed E-state index contributed by atoms with van der Waals surface area (Å²) in [6, 6.07) is 0. The molecule has 0 bridgehead atoms. The van der Waals surface area contributed by atoms with E-state index in [4.69, 9.17) is 5.11 Å². The van der Waals surface area contributed by atoms with E-state index in [0.29, 0.717) is 1.88 Å². The van der Waals surface area contributed by atoms with Crippen LogP contribution in [0.4, 0.5) is 0 Å². The van der Waals surface area contributed by atoms with Crippen LogP contribution in [0.2, 0.25) is 0 Å². The first-order valence-electron chi connectivity index (χ1n) is 10.7. The summed E-state index contributed by atoms with van der Waals surface area (Å²) in [5.41, 5.74) is 0. The van der Waals surface area contributed by atoms with Gasteiger partial charge in [0.25, 0.3) is 0 Å². The van der Waals surface area contributed by atoms with E-state index in [0.717, 1.165) is 55.6 Å². The van der Waals surface area contributed by atoms with Crippen LogP contribution in [0, 0.1) is 0 Å². The summed E-state index contributed by atoms with van der Waals surface area (Å²) in [4.78, 5) is 20.2. The molecule has 1 unspecified atom stereocenters. The second-order valence-electron chi connectivity index (χ2n) is 7.23. The van der Waals surface area contributed by atoms with Gasteiger partial charge >= 0.3 is 113 Å². The van der Waals surface area contributed by atoms with Gasteiger partial charge in [0.05, 0.1) is 12.1 Å². The van der Waals surface area contributed by atoms with Crippen LogP contribution in [0.1, 0.15) is 117 Å². The minimum atomic E-state index is -1.44. The van der Waals surface area contributed by atoms with Crippen LogP contribution in [-0.2, 0) is 9.59 Å². The molecule has 0 aliphatic rings. The number of carbonyl (C=O) groups is 2. The van der Waals surface area contributed by atoms with Crippen LogP contribution in [0.3, 0.4) is 0 Å². The number of carboxylic acids is 1. The molecular formula is C21H40CaO4. The summed E-state index contributed by atoms with van der Waals surface area (Å²) in [6.07, 6.45) is 20.4. The Hall–Kier alpha value is 0.360. The van der Waals surface area contributed by atoms with Gasteiger partial charge in [-0.15, -0.1) is 0 Å². The van der Waals surface area contributed by atoms with Crippen molar-refractivity contribution in [2.24, 2.45) is 0 Å². The first-order valence-corrected chi connectivity index (χ1v) is 11.8. The van der Waals surface area contributed by atoms with E-state index < -0.39 is 12.1 Å². The molecule has 0 aromatic heterocycles. The van der Waals surface area contributed by atoms with Gasteiger partial charge in [-0.05, 0) is 6.92 Å². The average Bonchev–Trinajstić information content (AvgIpc) is 2.58. The summed E-state index contributed by atoms with van der Waals surface area (Å²) in [5, 5.41) is 17.3. The van der Waals surface area contributed by atoms with Crippen molar-refractivity contribution in [2.75, 3.05) is 0 Å². The van der Waals surface area contributed by atoms with Gasteiger partial charge in [0, 0.05) is 0 Å². The van der Waals surface area contributed by atoms with E-state index in [-0.39, 0.29) is 0 Å². The van der Waals surface area contributed by atoms with Gasteiger partial charge in [0.2, 0.25) is 0 Å². The van der Waals surface area contributed by atoms with Crippen molar-refractivity contribution in [2.45, 2.75) is 123 Å². The Balaban J connectivity index is 0. The molecule has 0 rings (SSSR count). The Morgan fingerprint density at radius 3 is 1.27 bits per heavy atom. The van der Waals surface area contributed by atoms with Crippen LogP contribution >= 0.6 is 0 Å². The maximum absolute atomic E-state index is 10.8.